The number of furan rings is 1. The molecule has 0 saturated heterocycles. The molecule has 0 saturated carbocycles. The van der Waals surface area contributed by atoms with E-state index in [4.69, 9.17) is 4.42 Å². The maximum atomic E-state index is 5.12. The van der Waals surface area contributed by atoms with Gasteiger partial charge in [-0.15, -0.1) is 0 Å². The summed E-state index contributed by atoms with van der Waals surface area (Å²) in [5.74, 6) is 0. The van der Waals surface area contributed by atoms with Gasteiger partial charge in [-0.1, -0.05) is 0 Å². The minimum Gasteiger partial charge on any atom is -0.463 e. The molecule has 0 aliphatic carbocycles. The van der Waals surface area contributed by atoms with Crippen LogP contribution in [0, 0.1) is 0 Å². The van der Waals surface area contributed by atoms with E-state index < -0.39 is 0 Å². The molecule has 0 bridgehead atoms. The highest BCUT2D eigenvalue weighted by molar-refractivity contribution is 5.76. The number of nitrogens with zero attached hydrogens (tertiary/aromatic N) is 1. The van der Waals surface area contributed by atoms with Crippen molar-refractivity contribution >= 4 is 11.0 Å². The first kappa shape index (κ1) is 4.68. The maximum Gasteiger partial charge on any atom is 0.151 e. The van der Waals surface area contributed by atoms with Crippen LogP contribution >= 0.6 is 0 Å². The molecule has 0 fully saturated rings. The fourth-order valence-electron chi connectivity index (χ4n) is 0.984. The minimum absolute atomic E-state index is 0.956. The molecule has 0 spiro atoms. The van der Waals surface area contributed by atoms with E-state index in [0.717, 1.165) is 11.0 Å². The number of aromatic nitrogens is 1. The molecular formula is C7H7NO. The Kier molecular flexibility index (Phi) is 0.730. The zero-order valence-corrected chi connectivity index (χ0v) is 5.16. The topological polar surface area (TPSA) is 18.1 Å². The lowest BCUT2D eigenvalue weighted by Crippen LogP contribution is -1.76. The molecule has 46 valence electrons. The van der Waals surface area contributed by atoms with Gasteiger partial charge in [-0.2, -0.15) is 0 Å². The van der Waals surface area contributed by atoms with Crippen LogP contribution in [0.15, 0.2) is 29.1 Å². The van der Waals surface area contributed by atoms with Crippen LogP contribution < -0.4 is 0 Å². The van der Waals surface area contributed by atoms with Gasteiger partial charge in [0.15, 0.2) is 5.58 Å². The Morgan fingerprint density at radius 3 is 3.11 bits per heavy atom. The molecule has 0 radical (unpaired) electrons. The highest BCUT2D eigenvalue weighted by Crippen LogP contribution is 2.14. The van der Waals surface area contributed by atoms with E-state index >= 15 is 0 Å². The lowest BCUT2D eigenvalue weighted by molar-refractivity contribution is 0.613. The van der Waals surface area contributed by atoms with Crippen molar-refractivity contribution in [1.82, 2.24) is 4.57 Å². The predicted octanol–water partition coefficient (Wildman–Crippen LogP) is 1.77. The predicted molar refractivity (Wildman–Crippen MR) is 35.2 cm³/mol. The first-order valence-electron chi connectivity index (χ1n) is 2.85. The zero-order valence-electron chi connectivity index (χ0n) is 5.16. The summed E-state index contributed by atoms with van der Waals surface area (Å²) in [5, 5.41) is 1.16. The third-order valence-electron chi connectivity index (χ3n) is 1.39. The molecule has 0 atom stereocenters. The third kappa shape index (κ3) is 0.560. The van der Waals surface area contributed by atoms with Crippen molar-refractivity contribution in [2.45, 2.75) is 0 Å². The molecular weight excluding hydrogens is 114 g/mol. The van der Waals surface area contributed by atoms with Gasteiger partial charge in [0.25, 0.3) is 0 Å². The number of aryl methyl sites for hydroxylation is 1. The van der Waals surface area contributed by atoms with Gasteiger partial charge in [-0.3, -0.25) is 0 Å². The van der Waals surface area contributed by atoms with Crippen molar-refractivity contribution in [1.29, 1.82) is 0 Å². The second kappa shape index (κ2) is 1.41. The van der Waals surface area contributed by atoms with Crippen molar-refractivity contribution in [2.75, 3.05) is 0 Å². The van der Waals surface area contributed by atoms with E-state index in [1.54, 1.807) is 6.26 Å². The van der Waals surface area contributed by atoms with Gasteiger partial charge < -0.3 is 8.98 Å². The van der Waals surface area contributed by atoms with E-state index in [2.05, 4.69) is 0 Å². The van der Waals surface area contributed by atoms with Crippen LogP contribution in [0.1, 0.15) is 0 Å². The van der Waals surface area contributed by atoms with Crippen LogP contribution in [-0.2, 0) is 7.05 Å². The molecule has 2 heteroatoms. The van der Waals surface area contributed by atoms with E-state index in [-0.39, 0.29) is 0 Å². The largest absolute Gasteiger partial charge is 0.463 e. The number of hydrogen-bond donors (Lipinski definition) is 0. The summed E-state index contributed by atoms with van der Waals surface area (Å²) >= 11 is 0. The summed E-state index contributed by atoms with van der Waals surface area (Å²) in [5.41, 5.74) is 0.956. The van der Waals surface area contributed by atoms with Crippen LogP contribution in [0.5, 0.6) is 0 Å². The fraction of sp³-hybridized carbons (Fsp3) is 0.143. The number of hydrogen-bond acceptors (Lipinski definition) is 1. The summed E-state index contributed by atoms with van der Waals surface area (Å²) in [7, 11) is 1.98. The molecule has 2 aromatic heterocycles. The highest BCUT2D eigenvalue weighted by Gasteiger charge is 1.95. The second-order valence-corrected chi connectivity index (χ2v) is 2.16. The lowest BCUT2D eigenvalue weighted by atomic mass is 10.4. The van der Waals surface area contributed by atoms with Gasteiger partial charge >= 0.3 is 0 Å². The maximum absolute atomic E-state index is 5.12. The first-order chi connectivity index (χ1) is 4.36. The average molecular weight is 121 g/mol. The van der Waals surface area contributed by atoms with Crippen LogP contribution in [0.3, 0.4) is 0 Å². The number of rotatable bonds is 0. The van der Waals surface area contributed by atoms with Crippen LogP contribution in [-0.4, -0.2) is 4.57 Å². The molecule has 2 nitrogen and oxygen atoms in total. The lowest BCUT2D eigenvalue weighted by Gasteiger charge is -1.80. The fourth-order valence-corrected chi connectivity index (χ4v) is 0.984. The molecule has 2 heterocycles. The van der Waals surface area contributed by atoms with E-state index in [0.29, 0.717) is 0 Å². The van der Waals surface area contributed by atoms with Crippen LogP contribution in [0.2, 0.25) is 0 Å². The standard InChI is InChI=1S/C7H7NO/c1-8-4-6-2-3-9-7(6)5-8/h2-5H,1H3. The Balaban J connectivity index is 2.92. The van der Waals surface area contributed by atoms with Crippen molar-refractivity contribution in [3.8, 4) is 0 Å². The van der Waals surface area contributed by atoms with Crippen molar-refractivity contribution < 1.29 is 4.42 Å². The molecule has 0 aromatic carbocycles. The highest BCUT2D eigenvalue weighted by atomic mass is 16.3. The quantitative estimate of drug-likeness (QED) is 0.519. The van der Waals surface area contributed by atoms with Crippen molar-refractivity contribution in [2.24, 2.45) is 7.05 Å². The summed E-state index contributed by atoms with van der Waals surface area (Å²) in [4.78, 5) is 0. The van der Waals surface area contributed by atoms with Crippen LogP contribution in [0.4, 0.5) is 0 Å². The van der Waals surface area contributed by atoms with Gasteiger partial charge in [-0.25, -0.2) is 0 Å². The van der Waals surface area contributed by atoms with E-state index in [9.17, 15) is 0 Å². The minimum atomic E-state index is 0.956. The summed E-state index contributed by atoms with van der Waals surface area (Å²) < 4.78 is 7.10. The molecule has 2 aromatic rings. The monoisotopic (exact) mass is 121 g/mol. The van der Waals surface area contributed by atoms with Gasteiger partial charge in [0.05, 0.1) is 6.26 Å². The van der Waals surface area contributed by atoms with Gasteiger partial charge in [0, 0.05) is 24.8 Å². The first-order valence-corrected chi connectivity index (χ1v) is 2.85. The molecule has 0 unspecified atom stereocenters. The average Bonchev–Trinajstić information content (AvgIpc) is 2.22. The zero-order chi connectivity index (χ0) is 6.27. The van der Waals surface area contributed by atoms with Crippen molar-refractivity contribution in [3.05, 3.63) is 24.7 Å². The second-order valence-electron chi connectivity index (χ2n) is 2.16. The van der Waals surface area contributed by atoms with E-state index in [1.807, 2.05) is 30.1 Å². The Morgan fingerprint density at radius 2 is 2.33 bits per heavy atom. The van der Waals surface area contributed by atoms with Gasteiger partial charge in [-0.05, 0) is 6.07 Å². The van der Waals surface area contributed by atoms with Crippen LogP contribution in [0.25, 0.3) is 11.0 Å². The Bertz CT molecular complexity index is 290. The Hall–Kier alpha value is -1.18. The summed E-state index contributed by atoms with van der Waals surface area (Å²) in [6, 6.07) is 1.95. The number of fused-ring (bicyclic) bond motifs is 1. The SMILES string of the molecule is Cn1cc2ccoc2c1. The smallest absolute Gasteiger partial charge is 0.151 e. The summed E-state index contributed by atoms with van der Waals surface area (Å²) in [6.45, 7) is 0. The molecule has 0 aliphatic rings. The molecule has 0 amide bonds. The van der Waals surface area contributed by atoms with Gasteiger partial charge in [0.2, 0.25) is 0 Å². The molecule has 9 heavy (non-hydrogen) atoms. The van der Waals surface area contributed by atoms with E-state index in [1.165, 1.54) is 0 Å². The molecule has 0 N–H and O–H groups in total. The normalized spacial score (nSPS) is 10.8. The van der Waals surface area contributed by atoms with Crippen molar-refractivity contribution in [3.63, 3.8) is 0 Å². The molecule has 0 aliphatic heterocycles. The summed E-state index contributed by atoms with van der Waals surface area (Å²) in [6.07, 6.45) is 5.68. The Morgan fingerprint density at radius 1 is 1.44 bits per heavy atom. The Labute approximate surface area is 52.7 Å². The molecule has 2 rings (SSSR count). The third-order valence-corrected chi connectivity index (χ3v) is 1.39. The van der Waals surface area contributed by atoms with Gasteiger partial charge in [0.1, 0.15) is 0 Å².